The first-order valence-corrected chi connectivity index (χ1v) is 13.2. The summed E-state index contributed by atoms with van der Waals surface area (Å²) in [6.07, 6.45) is 5.45. The third kappa shape index (κ3) is 4.59. The van der Waals surface area contributed by atoms with Crippen LogP contribution in [-0.4, -0.2) is 51.9 Å². The van der Waals surface area contributed by atoms with Crippen LogP contribution in [0.25, 0.3) is 11.0 Å². The van der Waals surface area contributed by atoms with Crippen LogP contribution in [-0.2, 0) is 9.59 Å². The Bertz CT molecular complexity index is 1250. The van der Waals surface area contributed by atoms with Gasteiger partial charge in [0.25, 0.3) is 0 Å². The Morgan fingerprint density at radius 3 is 2.50 bits per heavy atom. The smallest absolute Gasteiger partial charge is 0.240 e. The Hall–Kier alpha value is -3.35. The molecule has 2 aliphatic heterocycles. The number of anilines is 1. The molecule has 4 atom stereocenters. The molecule has 0 spiro atoms. The number of benzene rings is 2. The SMILES string of the molecule is CC[C@H](NC(=O)CN(C)C(C)=O)c1cccc(N2[C@@H]3CC[C@H]2C[C@@H](n2c(C)nc4ccccc42)C3)c1. The van der Waals surface area contributed by atoms with Gasteiger partial charge in [0.15, 0.2) is 0 Å². The van der Waals surface area contributed by atoms with Gasteiger partial charge >= 0.3 is 0 Å². The Kier molecular flexibility index (Phi) is 6.73. The quantitative estimate of drug-likeness (QED) is 0.522. The topological polar surface area (TPSA) is 70.5 Å². The van der Waals surface area contributed by atoms with Gasteiger partial charge in [-0.15, -0.1) is 0 Å². The Labute approximate surface area is 213 Å². The van der Waals surface area contributed by atoms with E-state index in [0.717, 1.165) is 36.2 Å². The first kappa shape index (κ1) is 24.3. The fourth-order valence-corrected chi connectivity index (χ4v) is 6.30. The zero-order valence-electron chi connectivity index (χ0n) is 21.8. The van der Waals surface area contributed by atoms with E-state index in [1.165, 1.54) is 35.9 Å². The van der Waals surface area contributed by atoms with Gasteiger partial charge in [-0.3, -0.25) is 9.59 Å². The molecule has 0 aliphatic carbocycles. The van der Waals surface area contributed by atoms with Crippen molar-refractivity contribution in [2.75, 3.05) is 18.5 Å². The molecule has 5 rings (SSSR count). The molecule has 3 aromatic rings. The number of carbonyl (C=O) groups excluding carboxylic acids is 2. The number of amides is 2. The van der Waals surface area contributed by atoms with Crippen LogP contribution in [0, 0.1) is 6.92 Å². The lowest BCUT2D eigenvalue weighted by Gasteiger charge is -2.41. The summed E-state index contributed by atoms with van der Waals surface area (Å²) in [5.41, 5.74) is 4.69. The van der Waals surface area contributed by atoms with Gasteiger partial charge < -0.3 is 19.7 Å². The van der Waals surface area contributed by atoms with E-state index in [0.29, 0.717) is 18.1 Å². The molecule has 0 saturated carbocycles. The highest BCUT2D eigenvalue weighted by molar-refractivity contribution is 5.83. The number of likely N-dealkylation sites (N-methyl/N-ethyl adjacent to an activating group) is 1. The summed E-state index contributed by atoms with van der Waals surface area (Å²) >= 11 is 0. The number of fused-ring (bicyclic) bond motifs is 3. The van der Waals surface area contributed by atoms with Crippen LogP contribution in [0.4, 0.5) is 5.69 Å². The minimum absolute atomic E-state index is 0.0749. The van der Waals surface area contributed by atoms with E-state index in [1.54, 1.807) is 7.05 Å². The minimum Gasteiger partial charge on any atom is -0.365 e. The molecule has 1 N–H and O–H groups in total. The first-order valence-electron chi connectivity index (χ1n) is 13.2. The van der Waals surface area contributed by atoms with Gasteiger partial charge in [-0.05, 0) is 68.9 Å². The second-order valence-corrected chi connectivity index (χ2v) is 10.4. The molecule has 2 saturated heterocycles. The molecular formula is C29H37N5O2. The van der Waals surface area contributed by atoms with E-state index in [2.05, 4.69) is 77.2 Å². The second-order valence-electron chi connectivity index (χ2n) is 10.4. The number of piperidine rings is 1. The number of hydrogen-bond acceptors (Lipinski definition) is 4. The number of nitrogens with zero attached hydrogens (tertiary/aromatic N) is 4. The summed E-state index contributed by atoms with van der Waals surface area (Å²) in [4.78, 5) is 32.9. The van der Waals surface area contributed by atoms with E-state index in [1.807, 2.05) is 0 Å². The summed E-state index contributed by atoms with van der Waals surface area (Å²) in [5, 5.41) is 3.12. The summed E-state index contributed by atoms with van der Waals surface area (Å²) in [6.45, 7) is 5.76. The molecule has 2 aromatic carbocycles. The van der Waals surface area contributed by atoms with Gasteiger partial charge in [0.2, 0.25) is 11.8 Å². The van der Waals surface area contributed by atoms with Crippen molar-refractivity contribution in [1.82, 2.24) is 19.8 Å². The van der Waals surface area contributed by atoms with Gasteiger partial charge in [-0.25, -0.2) is 4.98 Å². The first-order chi connectivity index (χ1) is 17.4. The molecule has 7 nitrogen and oxygen atoms in total. The van der Waals surface area contributed by atoms with Gasteiger partial charge in [-0.2, -0.15) is 0 Å². The fraction of sp³-hybridized carbons (Fsp3) is 0.483. The number of imidazole rings is 1. The van der Waals surface area contributed by atoms with Gasteiger partial charge in [0.05, 0.1) is 23.6 Å². The van der Waals surface area contributed by atoms with Crippen molar-refractivity contribution >= 4 is 28.5 Å². The van der Waals surface area contributed by atoms with Gasteiger partial charge in [-0.1, -0.05) is 31.2 Å². The summed E-state index contributed by atoms with van der Waals surface area (Å²) < 4.78 is 2.47. The minimum atomic E-state index is -0.131. The molecule has 0 unspecified atom stereocenters. The zero-order chi connectivity index (χ0) is 25.4. The molecule has 3 heterocycles. The maximum atomic E-state index is 12.5. The highest BCUT2D eigenvalue weighted by Crippen LogP contribution is 2.45. The molecule has 2 aliphatic rings. The van der Waals surface area contributed by atoms with Crippen LogP contribution in [0.3, 0.4) is 0 Å². The fourth-order valence-electron chi connectivity index (χ4n) is 6.30. The molecule has 190 valence electrons. The average molecular weight is 488 g/mol. The van der Waals surface area contributed by atoms with Crippen molar-refractivity contribution in [2.24, 2.45) is 0 Å². The maximum absolute atomic E-state index is 12.5. The number of aryl methyl sites for hydroxylation is 1. The third-order valence-corrected chi connectivity index (χ3v) is 8.08. The standard InChI is InChI=1S/C29H37N5O2/c1-5-26(31-29(36)18-32(4)20(3)35)21-9-8-10-22(15-21)34-23-13-14-24(34)17-25(16-23)33-19(2)30-27-11-6-7-12-28(27)33/h6-12,15,23-26H,5,13-14,16-18H2,1-4H3,(H,31,36)/t23-,24+,25+,26-/m0/s1. The van der Waals surface area contributed by atoms with Crippen LogP contribution >= 0.6 is 0 Å². The molecule has 2 bridgehead atoms. The van der Waals surface area contributed by atoms with Crippen molar-refractivity contribution in [1.29, 1.82) is 0 Å². The molecule has 7 heteroatoms. The molecule has 1 aromatic heterocycles. The number of rotatable bonds is 7. The van der Waals surface area contributed by atoms with E-state index >= 15 is 0 Å². The van der Waals surface area contributed by atoms with Crippen molar-refractivity contribution in [2.45, 2.75) is 77.0 Å². The number of hydrogen-bond donors (Lipinski definition) is 1. The summed E-state index contributed by atoms with van der Waals surface area (Å²) in [5.74, 6) is 0.861. The van der Waals surface area contributed by atoms with Crippen molar-refractivity contribution < 1.29 is 9.59 Å². The lowest BCUT2D eigenvalue weighted by atomic mass is 9.95. The zero-order valence-corrected chi connectivity index (χ0v) is 21.8. The molecule has 0 radical (unpaired) electrons. The van der Waals surface area contributed by atoms with Crippen molar-refractivity contribution in [3.8, 4) is 0 Å². The molecule has 2 fully saturated rings. The molecule has 2 amide bonds. The van der Waals surface area contributed by atoms with Crippen LogP contribution in [0.15, 0.2) is 48.5 Å². The number of para-hydroxylation sites is 2. The third-order valence-electron chi connectivity index (χ3n) is 8.08. The Morgan fingerprint density at radius 1 is 1.08 bits per heavy atom. The predicted molar refractivity (Wildman–Crippen MR) is 143 cm³/mol. The van der Waals surface area contributed by atoms with Crippen LogP contribution in [0.1, 0.15) is 69.4 Å². The van der Waals surface area contributed by atoms with Gasteiger partial charge in [0, 0.05) is 37.8 Å². The Balaban J connectivity index is 1.33. The second kappa shape index (κ2) is 9.96. The van der Waals surface area contributed by atoms with Crippen LogP contribution in [0.2, 0.25) is 0 Å². The van der Waals surface area contributed by atoms with E-state index < -0.39 is 0 Å². The number of carbonyl (C=O) groups is 2. The lowest BCUT2D eigenvalue weighted by molar-refractivity contribution is -0.133. The van der Waals surface area contributed by atoms with E-state index in [9.17, 15) is 9.59 Å². The summed E-state index contributed by atoms with van der Waals surface area (Å²) in [7, 11) is 1.65. The van der Waals surface area contributed by atoms with Crippen LogP contribution < -0.4 is 10.2 Å². The lowest BCUT2D eigenvalue weighted by Crippen LogP contribution is -2.43. The maximum Gasteiger partial charge on any atom is 0.240 e. The Morgan fingerprint density at radius 2 is 1.81 bits per heavy atom. The van der Waals surface area contributed by atoms with Crippen molar-refractivity contribution in [3.05, 3.63) is 59.9 Å². The summed E-state index contributed by atoms with van der Waals surface area (Å²) in [6, 6.07) is 18.5. The highest BCUT2D eigenvalue weighted by atomic mass is 16.2. The number of nitrogens with one attached hydrogen (secondary N) is 1. The number of aromatic nitrogens is 2. The van der Waals surface area contributed by atoms with Crippen molar-refractivity contribution in [3.63, 3.8) is 0 Å². The normalized spacial score (nSPS) is 22.0. The predicted octanol–water partition coefficient (Wildman–Crippen LogP) is 4.76. The van der Waals surface area contributed by atoms with E-state index in [-0.39, 0.29) is 24.4 Å². The largest absolute Gasteiger partial charge is 0.365 e. The molecular weight excluding hydrogens is 450 g/mol. The highest BCUT2D eigenvalue weighted by Gasteiger charge is 2.42. The monoisotopic (exact) mass is 487 g/mol. The average Bonchev–Trinajstić information content (AvgIpc) is 3.34. The molecule has 36 heavy (non-hydrogen) atoms. The van der Waals surface area contributed by atoms with Crippen LogP contribution in [0.5, 0.6) is 0 Å². The van der Waals surface area contributed by atoms with E-state index in [4.69, 9.17) is 4.98 Å². The van der Waals surface area contributed by atoms with Gasteiger partial charge in [0.1, 0.15) is 5.82 Å².